The van der Waals surface area contributed by atoms with Gasteiger partial charge in [0.2, 0.25) is 0 Å². The fraction of sp³-hybridized carbons (Fsp3) is 0.500. The minimum absolute atomic E-state index is 0.0800. The highest BCUT2D eigenvalue weighted by molar-refractivity contribution is 6.42. The van der Waals surface area contributed by atoms with Crippen molar-refractivity contribution in [3.8, 4) is 0 Å². The molecule has 1 aliphatic rings. The Kier molecular flexibility index (Phi) is 4.89. The molecule has 1 aromatic rings. The van der Waals surface area contributed by atoms with E-state index in [4.69, 9.17) is 28.3 Å². The molecule has 1 fully saturated rings. The van der Waals surface area contributed by atoms with E-state index >= 15 is 0 Å². The van der Waals surface area contributed by atoms with Crippen molar-refractivity contribution in [3.63, 3.8) is 0 Å². The number of likely N-dealkylation sites (tertiary alicyclic amines) is 1. The fourth-order valence-electron chi connectivity index (χ4n) is 2.51. The number of carbonyl (C=O) groups is 1. The number of carboxylic acids is 1. The van der Waals surface area contributed by atoms with Crippen LogP contribution in [0.1, 0.15) is 25.3 Å². The van der Waals surface area contributed by atoms with E-state index in [0.717, 1.165) is 12.0 Å². The number of aliphatic carboxylic acids is 1. The Hall–Kier alpha value is -0.840. The van der Waals surface area contributed by atoms with Crippen molar-refractivity contribution in [1.29, 1.82) is 0 Å². The van der Waals surface area contributed by atoms with Crippen LogP contribution in [0, 0.1) is 11.7 Å². The molecule has 0 amide bonds. The van der Waals surface area contributed by atoms with E-state index in [1.165, 1.54) is 6.07 Å². The number of hydrogen-bond donors (Lipinski definition) is 1. The summed E-state index contributed by atoms with van der Waals surface area (Å²) >= 11 is 11.8. The second-order valence-electron chi connectivity index (χ2n) is 5.23. The van der Waals surface area contributed by atoms with Gasteiger partial charge in [-0.25, -0.2) is 4.39 Å². The highest BCUT2D eigenvalue weighted by atomic mass is 35.5. The van der Waals surface area contributed by atoms with Crippen LogP contribution in [0.15, 0.2) is 12.1 Å². The quantitative estimate of drug-likeness (QED) is 0.861. The van der Waals surface area contributed by atoms with Crippen molar-refractivity contribution in [2.24, 2.45) is 5.92 Å². The molecular weight excluding hydrogens is 304 g/mol. The van der Waals surface area contributed by atoms with Gasteiger partial charge in [-0.05, 0) is 31.4 Å². The van der Waals surface area contributed by atoms with E-state index in [0.29, 0.717) is 19.5 Å². The van der Waals surface area contributed by atoms with E-state index < -0.39 is 11.8 Å². The molecule has 1 aromatic carbocycles. The van der Waals surface area contributed by atoms with E-state index in [-0.39, 0.29) is 22.0 Å². The smallest absolute Gasteiger partial charge is 0.307 e. The van der Waals surface area contributed by atoms with Gasteiger partial charge in [0.25, 0.3) is 0 Å². The van der Waals surface area contributed by atoms with Crippen LogP contribution in [0.2, 0.25) is 10.0 Å². The van der Waals surface area contributed by atoms with Gasteiger partial charge in [0, 0.05) is 19.1 Å². The molecule has 0 saturated carbocycles. The van der Waals surface area contributed by atoms with Gasteiger partial charge in [0.05, 0.1) is 16.0 Å². The summed E-state index contributed by atoms with van der Waals surface area (Å²) in [6.07, 6.45) is 1.51. The summed E-state index contributed by atoms with van der Waals surface area (Å²) in [5.41, 5.74) is 0.718. The minimum Gasteiger partial charge on any atom is -0.481 e. The van der Waals surface area contributed by atoms with Crippen molar-refractivity contribution in [3.05, 3.63) is 33.6 Å². The van der Waals surface area contributed by atoms with Gasteiger partial charge in [-0.1, -0.05) is 29.3 Å². The van der Waals surface area contributed by atoms with Gasteiger partial charge < -0.3 is 5.11 Å². The maximum atomic E-state index is 13.3. The normalized spacial score (nSPS) is 23.8. The molecule has 2 unspecified atom stereocenters. The predicted molar refractivity (Wildman–Crippen MR) is 76.7 cm³/mol. The first kappa shape index (κ1) is 15.5. The first-order valence-electron chi connectivity index (χ1n) is 6.49. The van der Waals surface area contributed by atoms with E-state index in [2.05, 4.69) is 11.8 Å². The predicted octanol–water partition coefficient (Wildman–Crippen LogP) is 3.82. The molecule has 0 spiro atoms. The van der Waals surface area contributed by atoms with Crippen molar-refractivity contribution in [2.45, 2.75) is 32.4 Å². The Morgan fingerprint density at radius 2 is 2.10 bits per heavy atom. The maximum absolute atomic E-state index is 13.3. The Morgan fingerprint density at radius 1 is 1.40 bits per heavy atom. The number of carboxylic acid groups (broad SMARTS) is 1. The van der Waals surface area contributed by atoms with Crippen LogP contribution in [0.3, 0.4) is 0 Å². The SMILES string of the molecule is CC1CCC(C(=O)O)CN1Cc1ccc(F)c(Cl)c1Cl. The van der Waals surface area contributed by atoms with Gasteiger partial charge >= 0.3 is 5.97 Å². The van der Waals surface area contributed by atoms with Crippen molar-refractivity contribution in [1.82, 2.24) is 4.90 Å². The van der Waals surface area contributed by atoms with Gasteiger partial charge in [0.1, 0.15) is 5.82 Å². The third kappa shape index (κ3) is 3.25. The molecule has 1 aliphatic heterocycles. The van der Waals surface area contributed by atoms with Crippen LogP contribution < -0.4 is 0 Å². The molecule has 2 atom stereocenters. The lowest BCUT2D eigenvalue weighted by Gasteiger charge is -2.36. The summed E-state index contributed by atoms with van der Waals surface area (Å²) in [5.74, 6) is -1.68. The highest BCUT2D eigenvalue weighted by Crippen LogP contribution is 2.31. The maximum Gasteiger partial charge on any atom is 0.307 e. The van der Waals surface area contributed by atoms with E-state index in [1.807, 2.05) is 0 Å². The molecule has 0 radical (unpaired) electrons. The molecule has 110 valence electrons. The highest BCUT2D eigenvalue weighted by Gasteiger charge is 2.30. The van der Waals surface area contributed by atoms with Crippen LogP contribution in [-0.2, 0) is 11.3 Å². The van der Waals surface area contributed by atoms with E-state index in [1.54, 1.807) is 6.07 Å². The molecule has 1 heterocycles. The lowest BCUT2D eigenvalue weighted by Crippen LogP contribution is -2.43. The summed E-state index contributed by atoms with van der Waals surface area (Å²) in [6.45, 7) is 3.00. The number of nitrogens with zero attached hydrogens (tertiary/aromatic N) is 1. The number of benzene rings is 1. The van der Waals surface area contributed by atoms with Gasteiger partial charge in [-0.2, -0.15) is 0 Å². The summed E-state index contributed by atoms with van der Waals surface area (Å²) < 4.78 is 13.3. The van der Waals surface area contributed by atoms with Crippen LogP contribution in [-0.4, -0.2) is 28.6 Å². The Labute approximate surface area is 127 Å². The van der Waals surface area contributed by atoms with Crippen molar-refractivity contribution < 1.29 is 14.3 Å². The van der Waals surface area contributed by atoms with Crippen LogP contribution in [0.5, 0.6) is 0 Å². The number of hydrogen-bond acceptors (Lipinski definition) is 2. The Morgan fingerprint density at radius 3 is 2.75 bits per heavy atom. The average Bonchev–Trinajstić information content (AvgIpc) is 2.41. The van der Waals surface area contributed by atoms with E-state index in [9.17, 15) is 9.18 Å². The lowest BCUT2D eigenvalue weighted by atomic mass is 9.93. The third-order valence-electron chi connectivity index (χ3n) is 3.85. The molecular formula is C14H16Cl2FNO2. The molecule has 2 rings (SSSR count). The summed E-state index contributed by atoms with van der Waals surface area (Å²) in [4.78, 5) is 13.2. The Balaban J connectivity index is 2.16. The molecule has 1 saturated heterocycles. The van der Waals surface area contributed by atoms with Crippen molar-refractivity contribution >= 4 is 29.2 Å². The number of halogens is 3. The number of rotatable bonds is 3. The van der Waals surface area contributed by atoms with Gasteiger partial charge in [-0.3, -0.25) is 9.69 Å². The Bertz CT molecular complexity index is 524. The van der Waals surface area contributed by atoms with Gasteiger partial charge in [0.15, 0.2) is 0 Å². The zero-order valence-electron chi connectivity index (χ0n) is 11.1. The lowest BCUT2D eigenvalue weighted by molar-refractivity contribution is -0.144. The zero-order valence-corrected chi connectivity index (χ0v) is 12.6. The second kappa shape index (κ2) is 6.29. The molecule has 6 heteroatoms. The molecule has 20 heavy (non-hydrogen) atoms. The number of piperidine rings is 1. The monoisotopic (exact) mass is 319 g/mol. The summed E-state index contributed by atoms with van der Waals surface area (Å²) in [5, 5.41) is 9.24. The summed E-state index contributed by atoms with van der Waals surface area (Å²) in [6, 6.07) is 3.15. The first-order chi connectivity index (χ1) is 9.40. The van der Waals surface area contributed by atoms with Crippen LogP contribution in [0.25, 0.3) is 0 Å². The van der Waals surface area contributed by atoms with Crippen LogP contribution in [0.4, 0.5) is 4.39 Å². The van der Waals surface area contributed by atoms with Crippen LogP contribution >= 0.6 is 23.2 Å². The minimum atomic E-state index is -0.773. The second-order valence-corrected chi connectivity index (χ2v) is 5.98. The van der Waals surface area contributed by atoms with Crippen molar-refractivity contribution in [2.75, 3.05) is 6.54 Å². The molecule has 3 nitrogen and oxygen atoms in total. The largest absolute Gasteiger partial charge is 0.481 e. The molecule has 0 bridgehead atoms. The molecule has 1 N–H and O–H groups in total. The topological polar surface area (TPSA) is 40.5 Å². The van der Waals surface area contributed by atoms with Gasteiger partial charge in [-0.15, -0.1) is 0 Å². The molecule has 0 aromatic heterocycles. The first-order valence-corrected chi connectivity index (χ1v) is 7.25. The third-order valence-corrected chi connectivity index (χ3v) is 4.75. The zero-order chi connectivity index (χ0) is 14.9. The summed E-state index contributed by atoms with van der Waals surface area (Å²) in [7, 11) is 0. The molecule has 0 aliphatic carbocycles. The standard InChI is InChI=1S/C14H16Cl2FNO2/c1-8-2-3-10(14(19)20)7-18(8)6-9-4-5-11(17)13(16)12(9)15/h4-5,8,10H,2-3,6-7H2,1H3,(H,19,20). The average molecular weight is 320 g/mol. The fourth-order valence-corrected chi connectivity index (χ4v) is 2.91.